The molecule has 2 aliphatic rings. The second-order valence-corrected chi connectivity index (χ2v) is 5.02. The second-order valence-electron chi connectivity index (χ2n) is 5.02. The standard InChI is InChI=1S/C13H16FNO.2C2H6/c1-15-6-4-13(5-7-15)9-10-8-11(14)2-3-12(10)16-13;2*1-2/h2-3,8H,4-7,9H2,1H3;2*1-2H3. The lowest BCUT2D eigenvalue weighted by Crippen LogP contribution is -2.45. The largest absolute Gasteiger partial charge is 0.487 e. The zero-order chi connectivity index (χ0) is 15.2. The van der Waals surface area contributed by atoms with Crippen LogP contribution in [0.25, 0.3) is 0 Å². The first-order chi connectivity index (χ1) is 9.67. The van der Waals surface area contributed by atoms with Gasteiger partial charge in [-0.15, -0.1) is 0 Å². The monoisotopic (exact) mass is 281 g/mol. The van der Waals surface area contributed by atoms with Crippen LogP contribution in [0.5, 0.6) is 5.75 Å². The van der Waals surface area contributed by atoms with Gasteiger partial charge in [0.15, 0.2) is 0 Å². The molecule has 2 nitrogen and oxygen atoms in total. The molecule has 20 heavy (non-hydrogen) atoms. The maximum atomic E-state index is 13.1. The summed E-state index contributed by atoms with van der Waals surface area (Å²) in [5.74, 6) is 0.721. The van der Waals surface area contributed by atoms with Gasteiger partial charge in [0.1, 0.15) is 17.2 Å². The van der Waals surface area contributed by atoms with Gasteiger partial charge in [0.2, 0.25) is 0 Å². The average molecular weight is 281 g/mol. The van der Waals surface area contributed by atoms with E-state index in [2.05, 4.69) is 11.9 Å². The van der Waals surface area contributed by atoms with Crippen molar-refractivity contribution in [3.63, 3.8) is 0 Å². The summed E-state index contributed by atoms with van der Waals surface area (Å²) in [5.41, 5.74) is 0.979. The Morgan fingerprint density at radius 3 is 2.30 bits per heavy atom. The van der Waals surface area contributed by atoms with E-state index in [-0.39, 0.29) is 11.4 Å². The summed E-state index contributed by atoms with van der Waals surface area (Å²) in [4.78, 5) is 2.32. The van der Waals surface area contributed by atoms with Gasteiger partial charge in [0, 0.05) is 37.9 Å². The average Bonchev–Trinajstić information content (AvgIpc) is 2.84. The highest BCUT2D eigenvalue weighted by Gasteiger charge is 2.41. The molecule has 0 aliphatic carbocycles. The van der Waals surface area contributed by atoms with E-state index >= 15 is 0 Å². The van der Waals surface area contributed by atoms with Crippen molar-refractivity contribution in [3.8, 4) is 5.75 Å². The summed E-state index contributed by atoms with van der Waals surface area (Å²) in [6, 6.07) is 4.85. The Balaban J connectivity index is 0.000000461. The molecule has 3 rings (SSSR count). The maximum Gasteiger partial charge on any atom is 0.123 e. The smallest absolute Gasteiger partial charge is 0.123 e. The molecule has 0 radical (unpaired) electrons. The zero-order valence-corrected chi connectivity index (χ0v) is 13.5. The van der Waals surface area contributed by atoms with E-state index in [1.54, 1.807) is 12.1 Å². The van der Waals surface area contributed by atoms with Gasteiger partial charge in [-0.05, 0) is 25.2 Å². The molecule has 1 saturated heterocycles. The van der Waals surface area contributed by atoms with E-state index in [9.17, 15) is 4.39 Å². The third kappa shape index (κ3) is 3.72. The van der Waals surface area contributed by atoms with Gasteiger partial charge >= 0.3 is 0 Å². The fourth-order valence-corrected chi connectivity index (χ4v) is 2.71. The van der Waals surface area contributed by atoms with Crippen LogP contribution in [-0.4, -0.2) is 30.6 Å². The van der Waals surface area contributed by atoms with Crippen LogP contribution in [0.1, 0.15) is 46.1 Å². The molecule has 1 aromatic rings. The molecule has 1 fully saturated rings. The Hall–Kier alpha value is -1.09. The molecule has 0 amide bonds. The molecule has 0 N–H and O–H groups in total. The summed E-state index contributed by atoms with van der Waals surface area (Å²) in [6.07, 6.45) is 2.95. The minimum atomic E-state index is -0.160. The van der Waals surface area contributed by atoms with Crippen LogP contribution in [0.15, 0.2) is 18.2 Å². The van der Waals surface area contributed by atoms with Crippen LogP contribution < -0.4 is 4.74 Å². The highest BCUT2D eigenvalue weighted by atomic mass is 19.1. The quantitative estimate of drug-likeness (QED) is 0.704. The summed E-state index contributed by atoms with van der Waals surface area (Å²) in [5, 5.41) is 0. The summed E-state index contributed by atoms with van der Waals surface area (Å²) in [7, 11) is 2.13. The SMILES string of the molecule is CC.CC.CN1CCC2(CC1)Cc1cc(F)ccc1O2. The third-order valence-electron chi connectivity index (χ3n) is 3.76. The van der Waals surface area contributed by atoms with E-state index < -0.39 is 0 Å². The van der Waals surface area contributed by atoms with Crippen molar-refractivity contribution < 1.29 is 9.13 Å². The predicted molar refractivity (Wildman–Crippen MR) is 82.9 cm³/mol. The lowest BCUT2D eigenvalue weighted by atomic mass is 9.87. The minimum Gasteiger partial charge on any atom is -0.487 e. The predicted octanol–water partition coefficient (Wildman–Crippen LogP) is 4.28. The number of benzene rings is 1. The van der Waals surface area contributed by atoms with E-state index in [0.29, 0.717) is 0 Å². The number of ether oxygens (including phenoxy) is 1. The Bertz CT molecular complexity index is 411. The summed E-state index contributed by atoms with van der Waals surface area (Å²) < 4.78 is 19.2. The summed E-state index contributed by atoms with van der Waals surface area (Å²) >= 11 is 0. The van der Waals surface area contributed by atoms with Crippen LogP contribution in [0.2, 0.25) is 0 Å². The normalized spacial score (nSPS) is 19.1. The van der Waals surface area contributed by atoms with Crippen LogP contribution in [0.3, 0.4) is 0 Å². The Labute approximate surface area is 122 Å². The van der Waals surface area contributed by atoms with Crippen molar-refractivity contribution in [2.24, 2.45) is 0 Å². The first-order valence-electron chi connectivity index (χ1n) is 7.83. The Morgan fingerprint density at radius 2 is 1.70 bits per heavy atom. The molecule has 0 bridgehead atoms. The van der Waals surface area contributed by atoms with E-state index in [4.69, 9.17) is 4.74 Å². The van der Waals surface area contributed by atoms with Gasteiger partial charge in [-0.3, -0.25) is 0 Å². The van der Waals surface area contributed by atoms with E-state index in [1.807, 2.05) is 27.7 Å². The number of halogens is 1. The van der Waals surface area contributed by atoms with Crippen LogP contribution >= 0.6 is 0 Å². The number of likely N-dealkylation sites (tertiary alicyclic amines) is 1. The van der Waals surface area contributed by atoms with E-state index in [0.717, 1.165) is 43.7 Å². The molecular formula is C17H28FNO. The number of rotatable bonds is 0. The Kier molecular flexibility index (Phi) is 6.47. The molecular weight excluding hydrogens is 253 g/mol. The molecule has 2 heterocycles. The number of fused-ring (bicyclic) bond motifs is 1. The maximum absolute atomic E-state index is 13.1. The number of piperidine rings is 1. The van der Waals surface area contributed by atoms with Crippen molar-refractivity contribution in [1.29, 1.82) is 0 Å². The molecule has 0 saturated carbocycles. The van der Waals surface area contributed by atoms with Gasteiger partial charge < -0.3 is 9.64 Å². The van der Waals surface area contributed by atoms with Crippen molar-refractivity contribution in [2.75, 3.05) is 20.1 Å². The van der Waals surface area contributed by atoms with Crippen molar-refractivity contribution in [2.45, 2.75) is 52.6 Å². The van der Waals surface area contributed by atoms with Crippen LogP contribution in [0.4, 0.5) is 4.39 Å². The number of hydrogen-bond donors (Lipinski definition) is 0. The highest BCUT2D eigenvalue weighted by Crippen LogP contribution is 2.40. The molecule has 3 heteroatoms. The van der Waals surface area contributed by atoms with Crippen molar-refractivity contribution in [3.05, 3.63) is 29.6 Å². The van der Waals surface area contributed by atoms with Gasteiger partial charge in [0.25, 0.3) is 0 Å². The Morgan fingerprint density at radius 1 is 1.10 bits per heavy atom. The molecule has 1 spiro atoms. The lowest BCUT2D eigenvalue weighted by Gasteiger charge is -2.37. The fourth-order valence-electron chi connectivity index (χ4n) is 2.71. The number of hydrogen-bond acceptors (Lipinski definition) is 2. The van der Waals surface area contributed by atoms with Gasteiger partial charge in [-0.1, -0.05) is 27.7 Å². The molecule has 0 aromatic heterocycles. The number of nitrogens with zero attached hydrogens (tertiary/aromatic N) is 1. The first kappa shape index (κ1) is 17.0. The van der Waals surface area contributed by atoms with Gasteiger partial charge in [0.05, 0.1) is 0 Å². The molecule has 1 aromatic carbocycles. The molecule has 2 aliphatic heterocycles. The van der Waals surface area contributed by atoms with Gasteiger partial charge in [-0.25, -0.2) is 4.39 Å². The topological polar surface area (TPSA) is 12.5 Å². The molecule has 0 atom stereocenters. The van der Waals surface area contributed by atoms with Crippen molar-refractivity contribution >= 4 is 0 Å². The minimum absolute atomic E-state index is 0.0529. The van der Waals surface area contributed by atoms with Crippen LogP contribution in [0, 0.1) is 5.82 Å². The second kappa shape index (κ2) is 7.63. The van der Waals surface area contributed by atoms with Crippen LogP contribution in [-0.2, 0) is 6.42 Å². The summed E-state index contributed by atoms with van der Waals surface area (Å²) in [6.45, 7) is 10.1. The molecule has 0 unspecified atom stereocenters. The van der Waals surface area contributed by atoms with Crippen molar-refractivity contribution in [1.82, 2.24) is 4.90 Å². The lowest BCUT2D eigenvalue weighted by molar-refractivity contribution is 0.0271. The fraction of sp³-hybridized carbons (Fsp3) is 0.647. The third-order valence-corrected chi connectivity index (χ3v) is 3.76. The zero-order valence-electron chi connectivity index (χ0n) is 13.5. The van der Waals surface area contributed by atoms with E-state index in [1.165, 1.54) is 6.07 Å². The first-order valence-corrected chi connectivity index (χ1v) is 7.83. The molecule has 114 valence electrons. The van der Waals surface area contributed by atoms with Gasteiger partial charge in [-0.2, -0.15) is 0 Å². The highest BCUT2D eigenvalue weighted by molar-refractivity contribution is 5.39.